The van der Waals surface area contributed by atoms with Crippen molar-refractivity contribution in [3.63, 3.8) is 0 Å². The van der Waals surface area contributed by atoms with E-state index in [2.05, 4.69) is 12.7 Å². The van der Waals surface area contributed by atoms with Crippen molar-refractivity contribution in [2.75, 3.05) is 6.61 Å². The van der Waals surface area contributed by atoms with Crippen molar-refractivity contribution < 1.29 is 28.9 Å². The number of esters is 2. The van der Waals surface area contributed by atoms with Gasteiger partial charge in [-0.25, -0.2) is 9.59 Å². The normalized spacial score (nSPS) is 37.2. The summed E-state index contributed by atoms with van der Waals surface area (Å²) >= 11 is 0. The van der Waals surface area contributed by atoms with Crippen LogP contribution in [0, 0.1) is 5.92 Å². The number of rotatable bonds is 3. The summed E-state index contributed by atoms with van der Waals surface area (Å²) in [4.78, 5) is 24.5. The zero-order valence-corrected chi connectivity index (χ0v) is 15.5. The zero-order chi connectivity index (χ0) is 19.1. The monoisotopic (exact) mass is 362 g/mol. The van der Waals surface area contributed by atoms with Crippen LogP contribution in [0.2, 0.25) is 0 Å². The van der Waals surface area contributed by atoms with Crippen molar-refractivity contribution in [2.24, 2.45) is 5.92 Å². The Morgan fingerprint density at radius 1 is 1.54 bits per heavy atom. The second-order valence-corrected chi connectivity index (χ2v) is 7.39. The van der Waals surface area contributed by atoms with E-state index < -0.39 is 41.8 Å². The molecule has 0 aromatic heterocycles. The summed E-state index contributed by atoms with van der Waals surface area (Å²) in [7, 11) is 0. The molecule has 0 saturated carbocycles. The minimum Gasteiger partial charge on any atom is -0.458 e. The van der Waals surface area contributed by atoms with Gasteiger partial charge in [0.05, 0.1) is 12.5 Å². The molecule has 6 nitrogen and oxygen atoms in total. The highest BCUT2D eigenvalue weighted by Gasteiger charge is 2.65. The van der Waals surface area contributed by atoms with Crippen molar-refractivity contribution in [1.82, 2.24) is 0 Å². The maximum Gasteiger partial charge on any atom is 0.334 e. The quantitative estimate of drug-likeness (QED) is 0.359. The third-order valence-electron chi connectivity index (χ3n) is 5.65. The second kappa shape index (κ2) is 7.00. The molecule has 6 heteroatoms. The van der Waals surface area contributed by atoms with Crippen LogP contribution in [-0.2, 0) is 23.8 Å². The molecule has 5 unspecified atom stereocenters. The van der Waals surface area contributed by atoms with Gasteiger partial charge in [-0.2, -0.15) is 0 Å². The van der Waals surface area contributed by atoms with Crippen molar-refractivity contribution >= 4 is 11.9 Å². The van der Waals surface area contributed by atoms with Crippen LogP contribution in [0.25, 0.3) is 0 Å². The van der Waals surface area contributed by atoms with Gasteiger partial charge in [0.15, 0.2) is 0 Å². The molecule has 26 heavy (non-hydrogen) atoms. The van der Waals surface area contributed by atoms with Gasteiger partial charge in [0.1, 0.15) is 23.9 Å². The van der Waals surface area contributed by atoms with Crippen LogP contribution in [0.5, 0.6) is 0 Å². The fourth-order valence-electron chi connectivity index (χ4n) is 3.84. The lowest BCUT2D eigenvalue weighted by atomic mass is 9.81. The number of hydrogen-bond donors (Lipinski definition) is 1. The molecule has 5 atom stereocenters. The Labute approximate surface area is 153 Å². The van der Waals surface area contributed by atoms with Crippen molar-refractivity contribution in [2.45, 2.75) is 63.9 Å². The summed E-state index contributed by atoms with van der Waals surface area (Å²) in [5.41, 5.74) is 1.15. The number of allylic oxidation sites excluding steroid dienone is 2. The van der Waals surface area contributed by atoms with Gasteiger partial charge in [-0.3, -0.25) is 0 Å². The van der Waals surface area contributed by atoms with E-state index in [9.17, 15) is 14.7 Å². The molecule has 142 valence electrons. The van der Waals surface area contributed by atoms with Gasteiger partial charge >= 0.3 is 11.9 Å². The Morgan fingerprint density at radius 3 is 2.92 bits per heavy atom. The van der Waals surface area contributed by atoms with E-state index in [0.717, 1.165) is 12.0 Å². The van der Waals surface area contributed by atoms with Crippen molar-refractivity contribution in [1.29, 1.82) is 0 Å². The molecule has 2 fully saturated rings. The van der Waals surface area contributed by atoms with Gasteiger partial charge in [-0.15, -0.1) is 0 Å². The number of ether oxygens (including phenoxy) is 3. The number of aliphatic hydroxyl groups excluding tert-OH is 1. The summed E-state index contributed by atoms with van der Waals surface area (Å²) < 4.78 is 17.1. The van der Waals surface area contributed by atoms with Gasteiger partial charge in [0.25, 0.3) is 0 Å². The third kappa shape index (κ3) is 3.23. The van der Waals surface area contributed by atoms with E-state index in [-0.39, 0.29) is 6.61 Å². The molecule has 1 aliphatic carbocycles. The van der Waals surface area contributed by atoms with Crippen LogP contribution < -0.4 is 0 Å². The summed E-state index contributed by atoms with van der Waals surface area (Å²) in [6.45, 7) is 9.17. The minimum atomic E-state index is -0.699. The number of epoxide rings is 1. The number of carbonyl (C=O) groups excluding carboxylic acids is 2. The highest BCUT2D eigenvalue weighted by Crippen LogP contribution is 2.50. The molecule has 1 N–H and O–H groups in total. The second-order valence-electron chi connectivity index (χ2n) is 7.39. The lowest BCUT2D eigenvalue weighted by molar-refractivity contribution is -0.148. The predicted molar refractivity (Wildman–Crippen MR) is 94.1 cm³/mol. The summed E-state index contributed by atoms with van der Waals surface area (Å²) in [5, 5.41) is 9.80. The first-order chi connectivity index (χ1) is 12.3. The Bertz CT molecular complexity index is 690. The number of aliphatic hydroxyl groups is 1. The molecular weight excluding hydrogens is 336 g/mol. The number of fused-ring (bicyclic) bond motifs is 3. The Kier molecular flexibility index (Phi) is 5.08. The van der Waals surface area contributed by atoms with Gasteiger partial charge < -0.3 is 19.3 Å². The lowest BCUT2D eigenvalue weighted by Crippen LogP contribution is -2.39. The van der Waals surface area contributed by atoms with E-state index in [1.54, 1.807) is 19.9 Å². The Hall–Kier alpha value is -1.92. The maximum atomic E-state index is 12.4. The van der Waals surface area contributed by atoms with E-state index >= 15 is 0 Å². The minimum absolute atomic E-state index is 0.139. The van der Waals surface area contributed by atoms with Crippen LogP contribution in [0.1, 0.15) is 40.0 Å². The molecule has 0 spiro atoms. The highest BCUT2D eigenvalue weighted by atomic mass is 16.7. The van der Waals surface area contributed by atoms with E-state index in [1.807, 2.05) is 6.92 Å². The SMILES string of the molecule is C=C1C(=O)OC2C1C(OC(=O)C(C)=CC)CC(C)=CCCC1(CO)OC21. The molecular formula is C20H26O6. The third-order valence-corrected chi connectivity index (χ3v) is 5.65. The first-order valence-corrected chi connectivity index (χ1v) is 9.01. The molecule has 0 aromatic rings. The summed E-state index contributed by atoms with van der Waals surface area (Å²) in [6.07, 6.45) is 4.07. The highest BCUT2D eigenvalue weighted by molar-refractivity contribution is 5.91. The molecule has 0 radical (unpaired) electrons. The molecule has 3 aliphatic rings. The van der Waals surface area contributed by atoms with Crippen LogP contribution in [0.3, 0.4) is 0 Å². The Balaban J connectivity index is 1.95. The van der Waals surface area contributed by atoms with Gasteiger partial charge in [-0.1, -0.05) is 24.3 Å². The van der Waals surface area contributed by atoms with Crippen LogP contribution >= 0.6 is 0 Å². The largest absolute Gasteiger partial charge is 0.458 e. The van der Waals surface area contributed by atoms with Crippen LogP contribution in [0.15, 0.2) is 35.5 Å². The molecule has 2 heterocycles. The number of carbonyl (C=O) groups is 2. The van der Waals surface area contributed by atoms with Gasteiger partial charge in [-0.05, 0) is 33.6 Å². The van der Waals surface area contributed by atoms with Crippen LogP contribution in [0.4, 0.5) is 0 Å². The molecule has 3 rings (SSSR count). The van der Waals surface area contributed by atoms with E-state index in [1.165, 1.54) is 0 Å². The molecule has 0 amide bonds. The summed E-state index contributed by atoms with van der Waals surface area (Å²) in [6, 6.07) is 0. The van der Waals surface area contributed by atoms with Gasteiger partial charge in [0.2, 0.25) is 0 Å². The topological polar surface area (TPSA) is 85.4 Å². The average molecular weight is 362 g/mol. The molecule has 0 aromatic carbocycles. The van der Waals surface area contributed by atoms with Crippen molar-refractivity contribution in [3.8, 4) is 0 Å². The fraction of sp³-hybridized carbons (Fsp3) is 0.600. The first-order valence-electron chi connectivity index (χ1n) is 9.01. The van der Waals surface area contributed by atoms with E-state index in [0.29, 0.717) is 24.0 Å². The lowest BCUT2D eigenvalue weighted by Gasteiger charge is -2.28. The predicted octanol–water partition coefficient (Wildman–Crippen LogP) is 2.22. The first kappa shape index (κ1) is 18.9. The number of hydrogen-bond acceptors (Lipinski definition) is 6. The smallest absolute Gasteiger partial charge is 0.334 e. The summed E-state index contributed by atoms with van der Waals surface area (Å²) in [5.74, 6) is -1.40. The van der Waals surface area contributed by atoms with E-state index in [4.69, 9.17) is 14.2 Å². The molecule has 2 aliphatic heterocycles. The van der Waals surface area contributed by atoms with Crippen LogP contribution in [-0.4, -0.2) is 47.6 Å². The zero-order valence-electron chi connectivity index (χ0n) is 15.5. The van der Waals surface area contributed by atoms with Crippen molar-refractivity contribution in [3.05, 3.63) is 35.5 Å². The average Bonchev–Trinajstić information content (AvgIpc) is 3.26. The fourth-order valence-corrected chi connectivity index (χ4v) is 3.84. The van der Waals surface area contributed by atoms with Gasteiger partial charge in [0, 0.05) is 17.6 Å². The molecule has 0 bridgehead atoms. The Morgan fingerprint density at radius 2 is 2.27 bits per heavy atom. The standard InChI is InChI=1S/C20H26O6/c1-5-12(3)18(22)24-14-9-11(2)7-6-8-20(10-21)17(26-20)16-15(14)13(4)19(23)25-16/h5,7,14-17,21H,4,6,8-10H2,1-3H3. The maximum absolute atomic E-state index is 12.4. The molecule has 2 saturated heterocycles.